The number of amidine groups is 1. The summed E-state index contributed by atoms with van der Waals surface area (Å²) in [5, 5.41) is 7.69. The fourth-order valence-corrected chi connectivity index (χ4v) is 1.18. The Bertz CT molecular complexity index is 123. The Morgan fingerprint density at radius 2 is 1.90 bits per heavy atom. The third-order valence-corrected chi connectivity index (χ3v) is 2.07. The Hall–Kier alpha value is -0.530. The molecule has 0 saturated heterocycles. The molecule has 1 fully saturated rings. The van der Waals surface area contributed by atoms with Crippen LogP contribution in [0, 0.1) is 11.3 Å². The van der Waals surface area contributed by atoms with E-state index in [1.165, 1.54) is 12.8 Å². The second-order valence-electron chi connectivity index (χ2n) is 2.83. The van der Waals surface area contributed by atoms with Gasteiger partial charge in [0.2, 0.25) is 0 Å². The van der Waals surface area contributed by atoms with Crippen molar-refractivity contribution in [3.63, 3.8) is 0 Å². The molecule has 2 nitrogen and oxygen atoms in total. The largest absolute Gasteiger partial charge is 0.361 e. The predicted octanol–water partition coefficient (Wildman–Crippen LogP) is 1.72. The Kier molecular flexibility index (Phi) is 2.30. The lowest BCUT2D eigenvalue weighted by Gasteiger charge is -2.20. The molecule has 1 N–H and O–H groups in total. The van der Waals surface area contributed by atoms with Gasteiger partial charge in [-0.1, -0.05) is 0 Å². The Labute approximate surface area is 62.7 Å². The van der Waals surface area contributed by atoms with E-state index in [4.69, 9.17) is 5.41 Å². The van der Waals surface area contributed by atoms with E-state index in [0.717, 1.165) is 18.9 Å². The van der Waals surface area contributed by atoms with Gasteiger partial charge in [0.25, 0.3) is 0 Å². The van der Waals surface area contributed by atoms with Crippen molar-refractivity contribution in [3.8, 4) is 0 Å². The van der Waals surface area contributed by atoms with Gasteiger partial charge in [-0.05, 0) is 26.7 Å². The van der Waals surface area contributed by atoms with Crippen LogP contribution in [0.5, 0.6) is 0 Å². The summed E-state index contributed by atoms with van der Waals surface area (Å²) in [7, 11) is 0. The van der Waals surface area contributed by atoms with Gasteiger partial charge in [0.15, 0.2) is 0 Å². The van der Waals surface area contributed by atoms with Crippen molar-refractivity contribution >= 4 is 5.84 Å². The Balaban J connectivity index is 2.35. The van der Waals surface area contributed by atoms with E-state index in [-0.39, 0.29) is 0 Å². The molecule has 0 heterocycles. The van der Waals surface area contributed by atoms with Gasteiger partial charge in [0, 0.05) is 19.0 Å². The van der Waals surface area contributed by atoms with Crippen LogP contribution in [-0.4, -0.2) is 23.8 Å². The number of rotatable bonds is 3. The fourth-order valence-electron chi connectivity index (χ4n) is 1.18. The van der Waals surface area contributed by atoms with Crippen LogP contribution in [0.15, 0.2) is 0 Å². The summed E-state index contributed by atoms with van der Waals surface area (Å²) in [6.45, 7) is 6.21. The second-order valence-corrected chi connectivity index (χ2v) is 2.83. The van der Waals surface area contributed by atoms with Crippen LogP contribution in [0.1, 0.15) is 26.7 Å². The zero-order chi connectivity index (χ0) is 7.56. The minimum atomic E-state index is 0.611. The quantitative estimate of drug-likeness (QED) is 0.469. The third kappa shape index (κ3) is 1.49. The molecule has 1 aliphatic rings. The molecule has 0 bridgehead atoms. The topological polar surface area (TPSA) is 27.1 Å². The molecule has 1 rings (SSSR count). The molecule has 0 aromatic heterocycles. The SMILES string of the molecule is CCN(CC)C(=N)C1CC1. The number of nitrogens with one attached hydrogen (secondary N) is 1. The highest BCUT2D eigenvalue weighted by molar-refractivity contribution is 5.83. The first-order chi connectivity index (χ1) is 4.79. The van der Waals surface area contributed by atoms with Crippen LogP contribution < -0.4 is 0 Å². The third-order valence-electron chi connectivity index (χ3n) is 2.07. The van der Waals surface area contributed by atoms with Crippen LogP contribution >= 0.6 is 0 Å². The van der Waals surface area contributed by atoms with Crippen molar-refractivity contribution in [2.75, 3.05) is 13.1 Å². The highest BCUT2D eigenvalue weighted by Crippen LogP contribution is 2.30. The van der Waals surface area contributed by atoms with Crippen LogP contribution in [-0.2, 0) is 0 Å². The summed E-state index contributed by atoms with van der Waals surface area (Å²) in [6, 6.07) is 0. The van der Waals surface area contributed by atoms with Gasteiger partial charge in [0.05, 0.1) is 5.84 Å². The molecule has 2 heteroatoms. The minimum Gasteiger partial charge on any atom is -0.361 e. The normalized spacial score (nSPS) is 17.0. The number of hydrogen-bond donors (Lipinski definition) is 1. The van der Waals surface area contributed by atoms with Gasteiger partial charge in [-0.15, -0.1) is 0 Å². The lowest BCUT2D eigenvalue weighted by atomic mass is 10.3. The molecule has 1 saturated carbocycles. The Morgan fingerprint density at radius 1 is 1.40 bits per heavy atom. The van der Waals surface area contributed by atoms with E-state index in [0.29, 0.717) is 5.92 Å². The van der Waals surface area contributed by atoms with Crippen molar-refractivity contribution in [2.45, 2.75) is 26.7 Å². The first-order valence-electron chi connectivity index (χ1n) is 4.13. The molecular weight excluding hydrogens is 124 g/mol. The molecule has 0 spiro atoms. The molecule has 58 valence electrons. The van der Waals surface area contributed by atoms with Gasteiger partial charge in [0.1, 0.15) is 0 Å². The first kappa shape index (κ1) is 7.58. The molecule has 0 unspecified atom stereocenters. The first-order valence-corrected chi connectivity index (χ1v) is 4.13. The zero-order valence-corrected chi connectivity index (χ0v) is 6.85. The smallest absolute Gasteiger partial charge is 0.0989 e. The minimum absolute atomic E-state index is 0.611. The van der Waals surface area contributed by atoms with Crippen molar-refractivity contribution in [1.29, 1.82) is 5.41 Å². The van der Waals surface area contributed by atoms with E-state index < -0.39 is 0 Å². The Morgan fingerprint density at radius 3 is 2.20 bits per heavy atom. The van der Waals surface area contributed by atoms with Crippen molar-refractivity contribution in [3.05, 3.63) is 0 Å². The lowest BCUT2D eigenvalue weighted by Crippen LogP contribution is -2.30. The molecule has 0 atom stereocenters. The van der Waals surface area contributed by atoms with E-state index in [9.17, 15) is 0 Å². The highest BCUT2D eigenvalue weighted by atomic mass is 15.2. The van der Waals surface area contributed by atoms with Gasteiger partial charge in [-0.3, -0.25) is 5.41 Å². The molecule has 0 amide bonds. The summed E-state index contributed by atoms with van der Waals surface area (Å²) < 4.78 is 0. The second kappa shape index (κ2) is 3.04. The predicted molar refractivity (Wildman–Crippen MR) is 43.4 cm³/mol. The van der Waals surface area contributed by atoms with Crippen LogP contribution in [0.4, 0.5) is 0 Å². The zero-order valence-electron chi connectivity index (χ0n) is 6.85. The van der Waals surface area contributed by atoms with E-state index in [1.807, 2.05) is 0 Å². The monoisotopic (exact) mass is 140 g/mol. The average molecular weight is 140 g/mol. The van der Waals surface area contributed by atoms with E-state index in [1.54, 1.807) is 0 Å². The number of nitrogens with zero attached hydrogens (tertiary/aromatic N) is 1. The van der Waals surface area contributed by atoms with Gasteiger partial charge >= 0.3 is 0 Å². The molecule has 0 radical (unpaired) electrons. The summed E-state index contributed by atoms with van der Waals surface area (Å²) in [4.78, 5) is 2.14. The van der Waals surface area contributed by atoms with Crippen LogP contribution in [0.3, 0.4) is 0 Å². The standard InChI is InChI=1S/C8H16N2/c1-3-10(4-2)8(9)7-5-6-7/h7,9H,3-6H2,1-2H3. The number of hydrogen-bond acceptors (Lipinski definition) is 1. The lowest BCUT2D eigenvalue weighted by molar-refractivity contribution is 0.449. The van der Waals surface area contributed by atoms with Crippen molar-refractivity contribution < 1.29 is 0 Å². The summed E-state index contributed by atoms with van der Waals surface area (Å²) in [6.07, 6.45) is 2.49. The molecule has 0 aliphatic heterocycles. The summed E-state index contributed by atoms with van der Waals surface area (Å²) in [5.74, 6) is 1.48. The summed E-state index contributed by atoms with van der Waals surface area (Å²) in [5.41, 5.74) is 0. The highest BCUT2D eigenvalue weighted by Gasteiger charge is 2.28. The van der Waals surface area contributed by atoms with Crippen molar-refractivity contribution in [1.82, 2.24) is 4.90 Å². The van der Waals surface area contributed by atoms with Gasteiger partial charge in [-0.2, -0.15) is 0 Å². The van der Waals surface area contributed by atoms with E-state index in [2.05, 4.69) is 18.7 Å². The maximum Gasteiger partial charge on any atom is 0.0989 e. The van der Waals surface area contributed by atoms with Gasteiger partial charge in [-0.25, -0.2) is 0 Å². The molecule has 0 aromatic rings. The molecular formula is C8H16N2. The van der Waals surface area contributed by atoms with Crippen LogP contribution in [0.25, 0.3) is 0 Å². The maximum absolute atomic E-state index is 7.69. The molecule has 1 aliphatic carbocycles. The fraction of sp³-hybridized carbons (Fsp3) is 0.875. The van der Waals surface area contributed by atoms with E-state index >= 15 is 0 Å². The molecule has 0 aromatic carbocycles. The summed E-state index contributed by atoms with van der Waals surface area (Å²) >= 11 is 0. The van der Waals surface area contributed by atoms with Crippen molar-refractivity contribution in [2.24, 2.45) is 5.92 Å². The maximum atomic E-state index is 7.69. The van der Waals surface area contributed by atoms with Crippen LogP contribution in [0.2, 0.25) is 0 Å². The average Bonchev–Trinajstić information content (AvgIpc) is 2.71. The van der Waals surface area contributed by atoms with Gasteiger partial charge < -0.3 is 4.90 Å². The molecule has 10 heavy (non-hydrogen) atoms.